The summed E-state index contributed by atoms with van der Waals surface area (Å²) < 4.78 is 2.05. The Morgan fingerprint density at radius 1 is 1.39 bits per heavy atom. The molecule has 23 heavy (non-hydrogen) atoms. The molecule has 1 saturated carbocycles. The number of aryl methyl sites for hydroxylation is 2. The van der Waals surface area contributed by atoms with Gasteiger partial charge in [-0.05, 0) is 44.4 Å². The van der Waals surface area contributed by atoms with Crippen LogP contribution in [0.4, 0.5) is 10.5 Å². The van der Waals surface area contributed by atoms with Crippen molar-refractivity contribution < 1.29 is 4.79 Å². The summed E-state index contributed by atoms with van der Waals surface area (Å²) in [6, 6.07) is 5.26. The van der Waals surface area contributed by atoms with Crippen LogP contribution in [0, 0.1) is 6.92 Å². The number of carbonyl (C=O) groups excluding carboxylic acids is 1. The van der Waals surface area contributed by atoms with Crippen LogP contribution in [0.5, 0.6) is 0 Å². The fourth-order valence-corrected chi connectivity index (χ4v) is 2.71. The standard InChI is InChI=1S/C16H20ClN5O/c1-11-13(5-6-15(17)20-11)21-16(23)18-8-2-10-22-14(7-9-19-22)12-3-4-12/h5-7,9,12H,2-4,8,10H2,1H3,(H2,18,21,23). The number of hydrogen-bond donors (Lipinski definition) is 2. The van der Waals surface area contributed by atoms with E-state index in [0.29, 0.717) is 29.0 Å². The van der Waals surface area contributed by atoms with Crippen LogP contribution in [0.3, 0.4) is 0 Å². The smallest absolute Gasteiger partial charge is 0.319 e. The minimum Gasteiger partial charge on any atom is -0.338 e. The molecule has 0 aromatic carbocycles. The monoisotopic (exact) mass is 333 g/mol. The SMILES string of the molecule is Cc1nc(Cl)ccc1NC(=O)NCCCn1nccc1C1CC1. The number of nitrogens with zero attached hydrogens (tertiary/aromatic N) is 3. The summed E-state index contributed by atoms with van der Waals surface area (Å²) in [4.78, 5) is 16.0. The summed E-state index contributed by atoms with van der Waals surface area (Å²) in [5.74, 6) is 0.689. The number of anilines is 1. The minimum atomic E-state index is -0.236. The minimum absolute atomic E-state index is 0.236. The van der Waals surface area contributed by atoms with Crippen molar-refractivity contribution in [3.63, 3.8) is 0 Å². The Morgan fingerprint density at radius 2 is 2.22 bits per heavy atom. The van der Waals surface area contributed by atoms with Gasteiger partial charge in [-0.2, -0.15) is 5.10 Å². The number of carbonyl (C=O) groups is 1. The van der Waals surface area contributed by atoms with Crippen molar-refractivity contribution in [2.45, 2.75) is 38.6 Å². The number of amides is 2. The van der Waals surface area contributed by atoms with Gasteiger partial charge in [-0.15, -0.1) is 0 Å². The topological polar surface area (TPSA) is 71.8 Å². The number of hydrogen-bond acceptors (Lipinski definition) is 3. The van der Waals surface area contributed by atoms with Crippen molar-refractivity contribution in [2.75, 3.05) is 11.9 Å². The summed E-state index contributed by atoms with van der Waals surface area (Å²) >= 11 is 5.80. The largest absolute Gasteiger partial charge is 0.338 e. The molecule has 2 aromatic rings. The van der Waals surface area contributed by atoms with Gasteiger partial charge >= 0.3 is 6.03 Å². The van der Waals surface area contributed by atoms with Gasteiger partial charge in [0.1, 0.15) is 5.15 Å². The van der Waals surface area contributed by atoms with Gasteiger partial charge in [-0.1, -0.05) is 11.6 Å². The third-order valence-corrected chi connectivity index (χ3v) is 4.09. The van der Waals surface area contributed by atoms with Gasteiger partial charge in [0, 0.05) is 30.9 Å². The van der Waals surface area contributed by atoms with Gasteiger partial charge in [-0.25, -0.2) is 9.78 Å². The maximum Gasteiger partial charge on any atom is 0.319 e. The molecule has 6 nitrogen and oxygen atoms in total. The molecule has 0 unspecified atom stereocenters. The first-order valence-corrected chi connectivity index (χ1v) is 8.21. The molecule has 0 spiro atoms. The van der Waals surface area contributed by atoms with E-state index in [2.05, 4.69) is 26.8 Å². The highest BCUT2D eigenvalue weighted by Crippen LogP contribution is 2.39. The van der Waals surface area contributed by atoms with E-state index in [9.17, 15) is 4.79 Å². The molecule has 0 atom stereocenters. The predicted molar refractivity (Wildman–Crippen MR) is 89.8 cm³/mol. The van der Waals surface area contributed by atoms with Gasteiger partial charge in [0.25, 0.3) is 0 Å². The van der Waals surface area contributed by atoms with Crippen LogP contribution in [0.2, 0.25) is 5.15 Å². The van der Waals surface area contributed by atoms with Crippen molar-refractivity contribution in [1.82, 2.24) is 20.1 Å². The highest BCUT2D eigenvalue weighted by molar-refractivity contribution is 6.29. The number of rotatable bonds is 6. The van der Waals surface area contributed by atoms with E-state index in [0.717, 1.165) is 13.0 Å². The van der Waals surface area contributed by atoms with E-state index >= 15 is 0 Å². The first-order valence-electron chi connectivity index (χ1n) is 7.83. The van der Waals surface area contributed by atoms with Crippen molar-refractivity contribution in [1.29, 1.82) is 0 Å². The Hall–Kier alpha value is -2.08. The predicted octanol–water partition coefficient (Wildman–Crippen LogP) is 3.33. The maximum atomic E-state index is 11.9. The molecule has 2 heterocycles. The van der Waals surface area contributed by atoms with Crippen molar-refractivity contribution in [3.8, 4) is 0 Å². The molecule has 122 valence electrons. The molecule has 0 saturated heterocycles. The summed E-state index contributed by atoms with van der Waals surface area (Å²) in [6.07, 6.45) is 5.22. The van der Waals surface area contributed by atoms with Crippen LogP contribution in [0.1, 0.15) is 36.6 Å². The summed E-state index contributed by atoms with van der Waals surface area (Å²) in [5.41, 5.74) is 2.67. The Bertz CT molecular complexity index is 696. The van der Waals surface area contributed by atoms with Crippen LogP contribution in [0.15, 0.2) is 24.4 Å². The number of urea groups is 1. The molecule has 1 aliphatic carbocycles. The van der Waals surface area contributed by atoms with Gasteiger partial charge in [-0.3, -0.25) is 4.68 Å². The van der Waals surface area contributed by atoms with Crippen molar-refractivity contribution in [2.24, 2.45) is 0 Å². The van der Waals surface area contributed by atoms with Crippen LogP contribution in [-0.4, -0.2) is 27.3 Å². The Morgan fingerprint density at radius 3 is 2.96 bits per heavy atom. The van der Waals surface area contributed by atoms with Crippen LogP contribution in [0.25, 0.3) is 0 Å². The van der Waals surface area contributed by atoms with Gasteiger partial charge < -0.3 is 10.6 Å². The average Bonchev–Trinajstić information content (AvgIpc) is 3.25. The number of halogens is 1. The molecular formula is C16H20ClN5O. The second-order valence-corrected chi connectivity index (χ2v) is 6.14. The van der Waals surface area contributed by atoms with Crippen molar-refractivity contribution >= 4 is 23.3 Å². The molecule has 2 amide bonds. The van der Waals surface area contributed by atoms with Gasteiger partial charge in [0.15, 0.2) is 0 Å². The molecule has 2 aromatic heterocycles. The number of aromatic nitrogens is 3. The van der Waals surface area contributed by atoms with E-state index in [1.807, 2.05) is 10.9 Å². The first kappa shape index (κ1) is 15.8. The summed E-state index contributed by atoms with van der Waals surface area (Å²) in [6.45, 7) is 3.22. The van der Waals surface area contributed by atoms with Crippen LogP contribution < -0.4 is 10.6 Å². The molecule has 0 aliphatic heterocycles. The second kappa shape index (κ2) is 7.00. The average molecular weight is 334 g/mol. The zero-order chi connectivity index (χ0) is 16.2. The van der Waals surface area contributed by atoms with E-state index < -0.39 is 0 Å². The summed E-state index contributed by atoms with van der Waals surface area (Å²) in [5, 5.41) is 10.4. The molecule has 0 radical (unpaired) electrons. The Labute approximate surface area is 140 Å². The lowest BCUT2D eigenvalue weighted by Crippen LogP contribution is -2.30. The van der Waals surface area contributed by atoms with Crippen molar-refractivity contribution in [3.05, 3.63) is 40.9 Å². The maximum absolute atomic E-state index is 11.9. The lowest BCUT2D eigenvalue weighted by Gasteiger charge is -2.10. The third-order valence-electron chi connectivity index (χ3n) is 3.88. The molecule has 0 bridgehead atoms. The van der Waals surface area contributed by atoms with E-state index in [-0.39, 0.29) is 6.03 Å². The summed E-state index contributed by atoms with van der Waals surface area (Å²) in [7, 11) is 0. The molecule has 2 N–H and O–H groups in total. The lowest BCUT2D eigenvalue weighted by atomic mass is 10.3. The molecule has 1 fully saturated rings. The molecule has 1 aliphatic rings. The fourth-order valence-electron chi connectivity index (χ4n) is 2.52. The molecule has 3 rings (SSSR count). The third kappa shape index (κ3) is 4.22. The van der Waals surface area contributed by atoms with E-state index in [1.54, 1.807) is 19.1 Å². The Balaban J connectivity index is 1.41. The Kier molecular flexibility index (Phi) is 4.81. The zero-order valence-electron chi connectivity index (χ0n) is 13.1. The normalized spacial score (nSPS) is 13.8. The molecule has 7 heteroatoms. The quantitative estimate of drug-likeness (QED) is 0.629. The molecular weight excluding hydrogens is 314 g/mol. The number of nitrogens with one attached hydrogen (secondary N) is 2. The van der Waals surface area contributed by atoms with Gasteiger partial charge in [0.05, 0.1) is 11.4 Å². The van der Waals surface area contributed by atoms with Crippen LogP contribution in [-0.2, 0) is 6.54 Å². The van der Waals surface area contributed by atoms with Gasteiger partial charge in [0.2, 0.25) is 0 Å². The number of pyridine rings is 1. The lowest BCUT2D eigenvalue weighted by molar-refractivity contribution is 0.251. The highest BCUT2D eigenvalue weighted by Gasteiger charge is 2.26. The zero-order valence-corrected chi connectivity index (χ0v) is 13.8. The van der Waals surface area contributed by atoms with E-state index in [1.165, 1.54) is 18.5 Å². The first-order chi connectivity index (χ1) is 11.1. The highest BCUT2D eigenvalue weighted by atomic mass is 35.5. The second-order valence-electron chi connectivity index (χ2n) is 5.75. The fraction of sp³-hybridized carbons (Fsp3) is 0.438. The van der Waals surface area contributed by atoms with E-state index in [4.69, 9.17) is 11.6 Å². The van der Waals surface area contributed by atoms with Crippen LogP contribution >= 0.6 is 11.6 Å².